The van der Waals surface area contributed by atoms with Crippen molar-refractivity contribution < 1.29 is 19.0 Å². The van der Waals surface area contributed by atoms with E-state index < -0.39 is 6.10 Å². The van der Waals surface area contributed by atoms with Crippen LogP contribution in [0.1, 0.15) is 36.8 Å². The van der Waals surface area contributed by atoms with Gasteiger partial charge in [0.15, 0.2) is 0 Å². The van der Waals surface area contributed by atoms with Gasteiger partial charge < -0.3 is 15.2 Å². The van der Waals surface area contributed by atoms with Crippen molar-refractivity contribution in [1.29, 1.82) is 0 Å². The number of hydrogen-bond donors (Lipinski definition) is 2. The van der Waals surface area contributed by atoms with E-state index >= 15 is 0 Å². The molecule has 0 saturated heterocycles. The van der Waals surface area contributed by atoms with Crippen LogP contribution in [0, 0.1) is 12.7 Å². The normalized spacial score (nSPS) is 25.5. The summed E-state index contributed by atoms with van der Waals surface area (Å²) in [6.07, 6.45) is 2.76. The second-order valence-electron chi connectivity index (χ2n) is 5.97. The maximum Gasteiger partial charge on any atom is 0.224 e. The number of carbonyl (C=O) groups is 1. The molecule has 0 spiro atoms. The third-order valence-corrected chi connectivity index (χ3v) is 4.35. The first-order valence-electron chi connectivity index (χ1n) is 7.76. The minimum atomic E-state index is -0.689. The number of rotatable bonds is 4. The molecule has 5 heteroatoms. The van der Waals surface area contributed by atoms with E-state index in [-0.39, 0.29) is 30.3 Å². The predicted molar refractivity (Wildman–Crippen MR) is 82.0 cm³/mol. The maximum atomic E-state index is 13.1. The van der Waals surface area contributed by atoms with Crippen molar-refractivity contribution in [2.45, 2.75) is 57.3 Å². The highest BCUT2D eigenvalue weighted by atomic mass is 19.1. The lowest BCUT2D eigenvalue weighted by Crippen LogP contribution is -2.48. The average molecular weight is 309 g/mol. The van der Waals surface area contributed by atoms with E-state index in [1.807, 2.05) is 0 Å². The molecule has 2 rings (SSSR count). The van der Waals surface area contributed by atoms with Crippen molar-refractivity contribution in [2.75, 3.05) is 7.11 Å². The van der Waals surface area contributed by atoms with Gasteiger partial charge in [0.05, 0.1) is 18.6 Å². The van der Waals surface area contributed by atoms with Crippen molar-refractivity contribution in [2.24, 2.45) is 0 Å². The topological polar surface area (TPSA) is 58.6 Å². The molecule has 1 fully saturated rings. The summed E-state index contributed by atoms with van der Waals surface area (Å²) in [5.74, 6) is -0.459. The Kier molecular flexibility index (Phi) is 5.91. The monoisotopic (exact) mass is 309 g/mol. The second kappa shape index (κ2) is 7.70. The summed E-state index contributed by atoms with van der Waals surface area (Å²) in [4.78, 5) is 12.2. The SMILES string of the molecule is CO[C@@H]1CCCC[C@@H](NC(=O)Cc2ccc(F)cc2C)[C@H]1O. The van der Waals surface area contributed by atoms with Crippen LogP contribution < -0.4 is 5.32 Å². The van der Waals surface area contributed by atoms with E-state index in [9.17, 15) is 14.3 Å². The van der Waals surface area contributed by atoms with Crippen molar-refractivity contribution in [3.8, 4) is 0 Å². The van der Waals surface area contributed by atoms with Crippen LogP contribution in [-0.2, 0) is 16.0 Å². The lowest BCUT2D eigenvalue weighted by molar-refractivity contribution is -0.123. The van der Waals surface area contributed by atoms with E-state index in [4.69, 9.17) is 4.74 Å². The number of halogens is 1. The number of amides is 1. The summed E-state index contributed by atoms with van der Waals surface area (Å²) in [5, 5.41) is 13.2. The molecule has 0 bridgehead atoms. The standard InChI is InChI=1S/C17H24FNO3/c1-11-9-13(18)8-7-12(11)10-16(20)19-14-5-3-4-6-15(22-2)17(14)21/h7-9,14-15,17,21H,3-6,10H2,1-2H3,(H,19,20)/t14-,15-,17-/m1/s1. The maximum absolute atomic E-state index is 13.1. The first kappa shape index (κ1) is 16.9. The molecule has 0 radical (unpaired) electrons. The largest absolute Gasteiger partial charge is 0.388 e. The Morgan fingerprint density at radius 2 is 2.14 bits per heavy atom. The van der Waals surface area contributed by atoms with E-state index in [1.165, 1.54) is 12.1 Å². The highest BCUT2D eigenvalue weighted by Gasteiger charge is 2.31. The van der Waals surface area contributed by atoms with Crippen LogP contribution in [0.3, 0.4) is 0 Å². The van der Waals surface area contributed by atoms with E-state index in [0.717, 1.165) is 36.8 Å². The first-order valence-corrected chi connectivity index (χ1v) is 7.76. The van der Waals surface area contributed by atoms with Crippen LogP contribution in [0.2, 0.25) is 0 Å². The van der Waals surface area contributed by atoms with Crippen LogP contribution in [0.25, 0.3) is 0 Å². The quantitative estimate of drug-likeness (QED) is 0.838. The Balaban J connectivity index is 1.98. The van der Waals surface area contributed by atoms with Gasteiger partial charge in [-0.05, 0) is 43.0 Å². The van der Waals surface area contributed by atoms with Crippen molar-refractivity contribution >= 4 is 5.91 Å². The number of methoxy groups -OCH3 is 1. The van der Waals surface area contributed by atoms with Gasteiger partial charge in [-0.1, -0.05) is 18.9 Å². The van der Waals surface area contributed by atoms with Gasteiger partial charge in [-0.2, -0.15) is 0 Å². The fraction of sp³-hybridized carbons (Fsp3) is 0.588. The van der Waals surface area contributed by atoms with Crippen molar-refractivity contribution in [1.82, 2.24) is 5.32 Å². The molecule has 0 aliphatic heterocycles. The zero-order valence-corrected chi connectivity index (χ0v) is 13.1. The van der Waals surface area contributed by atoms with Gasteiger partial charge in [-0.25, -0.2) is 4.39 Å². The third kappa shape index (κ3) is 4.27. The molecular formula is C17H24FNO3. The Hall–Kier alpha value is -1.46. The summed E-state index contributed by atoms with van der Waals surface area (Å²) >= 11 is 0. The van der Waals surface area contributed by atoms with Gasteiger partial charge in [-0.15, -0.1) is 0 Å². The molecular weight excluding hydrogens is 285 g/mol. The number of aliphatic hydroxyl groups is 1. The van der Waals surface area contributed by atoms with Crippen LogP contribution >= 0.6 is 0 Å². The average Bonchev–Trinajstić information content (AvgIpc) is 2.64. The highest BCUT2D eigenvalue weighted by molar-refractivity contribution is 5.79. The van der Waals surface area contributed by atoms with E-state index in [2.05, 4.69) is 5.32 Å². The summed E-state index contributed by atoms with van der Waals surface area (Å²) in [7, 11) is 1.58. The highest BCUT2D eigenvalue weighted by Crippen LogP contribution is 2.21. The van der Waals surface area contributed by atoms with Crippen LogP contribution in [0.5, 0.6) is 0 Å². The molecule has 0 unspecified atom stereocenters. The molecule has 4 nitrogen and oxygen atoms in total. The van der Waals surface area contributed by atoms with E-state index in [1.54, 1.807) is 20.1 Å². The summed E-state index contributed by atoms with van der Waals surface area (Å²) in [5.41, 5.74) is 1.55. The second-order valence-corrected chi connectivity index (χ2v) is 5.97. The van der Waals surface area contributed by atoms with Crippen molar-refractivity contribution in [3.63, 3.8) is 0 Å². The molecule has 122 valence electrons. The molecule has 1 saturated carbocycles. The molecule has 2 N–H and O–H groups in total. The Morgan fingerprint density at radius 3 is 2.82 bits per heavy atom. The minimum absolute atomic E-state index is 0.157. The number of aliphatic hydroxyl groups excluding tert-OH is 1. The fourth-order valence-electron chi connectivity index (χ4n) is 3.01. The molecule has 1 aliphatic carbocycles. The van der Waals surface area contributed by atoms with Gasteiger partial charge in [0.25, 0.3) is 0 Å². The molecule has 1 aromatic carbocycles. The van der Waals surface area contributed by atoms with Gasteiger partial charge in [-0.3, -0.25) is 4.79 Å². The Bertz CT molecular complexity index is 521. The molecule has 22 heavy (non-hydrogen) atoms. The summed E-state index contributed by atoms with van der Waals surface area (Å²) < 4.78 is 18.4. The zero-order valence-electron chi connectivity index (χ0n) is 13.1. The minimum Gasteiger partial charge on any atom is -0.388 e. The fourth-order valence-corrected chi connectivity index (χ4v) is 3.01. The number of carbonyl (C=O) groups excluding carboxylic acids is 1. The molecule has 3 atom stereocenters. The van der Waals surface area contributed by atoms with Crippen LogP contribution in [-0.4, -0.2) is 36.4 Å². The number of ether oxygens (including phenoxy) is 1. The van der Waals surface area contributed by atoms with Gasteiger partial charge in [0.2, 0.25) is 5.91 Å². The number of hydrogen-bond acceptors (Lipinski definition) is 3. The third-order valence-electron chi connectivity index (χ3n) is 4.35. The molecule has 1 amide bonds. The molecule has 0 aromatic heterocycles. The van der Waals surface area contributed by atoms with Crippen LogP contribution in [0.15, 0.2) is 18.2 Å². The van der Waals surface area contributed by atoms with Gasteiger partial charge >= 0.3 is 0 Å². The molecule has 0 heterocycles. The predicted octanol–water partition coefficient (Wildman–Crippen LogP) is 2.11. The Labute approximate surface area is 130 Å². The summed E-state index contributed by atoms with van der Waals surface area (Å²) in [6.45, 7) is 1.78. The smallest absolute Gasteiger partial charge is 0.224 e. The Morgan fingerprint density at radius 1 is 1.41 bits per heavy atom. The van der Waals surface area contributed by atoms with Crippen LogP contribution in [0.4, 0.5) is 4.39 Å². The number of benzene rings is 1. The lowest BCUT2D eigenvalue weighted by atomic mass is 10.0. The number of aryl methyl sites for hydroxylation is 1. The molecule has 1 aromatic rings. The van der Waals surface area contributed by atoms with Gasteiger partial charge in [0, 0.05) is 7.11 Å². The first-order chi connectivity index (χ1) is 10.5. The van der Waals surface area contributed by atoms with Crippen molar-refractivity contribution in [3.05, 3.63) is 35.1 Å². The molecule has 1 aliphatic rings. The number of nitrogens with one attached hydrogen (secondary N) is 1. The summed E-state index contributed by atoms with van der Waals surface area (Å²) in [6, 6.07) is 4.12. The van der Waals surface area contributed by atoms with E-state index in [0.29, 0.717) is 0 Å². The lowest BCUT2D eigenvalue weighted by Gasteiger charge is -2.27. The zero-order chi connectivity index (χ0) is 16.1. The van der Waals surface area contributed by atoms with Gasteiger partial charge in [0.1, 0.15) is 11.9 Å².